The molecule has 1 aromatic rings. The van der Waals surface area contributed by atoms with Crippen molar-refractivity contribution in [2.75, 3.05) is 18.4 Å². The van der Waals surface area contributed by atoms with Crippen molar-refractivity contribution in [1.29, 1.82) is 0 Å². The van der Waals surface area contributed by atoms with Gasteiger partial charge in [0.15, 0.2) is 0 Å². The molecule has 1 aliphatic heterocycles. The molecule has 1 N–H and O–H groups in total. The quantitative estimate of drug-likeness (QED) is 0.657. The SMILES string of the molecule is O=C(Nc1ccc(Br)c([N+](=O)[O-])c1)N1CCCCCC1. The van der Waals surface area contributed by atoms with Crippen molar-refractivity contribution in [1.82, 2.24) is 4.90 Å². The predicted octanol–water partition coefficient (Wildman–Crippen LogP) is 3.77. The summed E-state index contributed by atoms with van der Waals surface area (Å²) in [5.74, 6) is 0. The van der Waals surface area contributed by atoms with Crippen molar-refractivity contribution in [2.24, 2.45) is 0 Å². The second-order valence-electron chi connectivity index (χ2n) is 4.75. The first-order chi connectivity index (χ1) is 9.58. The van der Waals surface area contributed by atoms with Gasteiger partial charge >= 0.3 is 6.03 Å². The fourth-order valence-electron chi connectivity index (χ4n) is 2.21. The molecule has 0 aliphatic carbocycles. The number of likely N-dealkylation sites (tertiary alicyclic amines) is 1. The normalized spacial score (nSPS) is 15.6. The molecule has 108 valence electrons. The molecule has 0 atom stereocenters. The average Bonchev–Trinajstić information content (AvgIpc) is 2.69. The molecule has 0 bridgehead atoms. The lowest BCUT2D eigenvalue weighted by Crippen LogP contribution is -2.35. The van der Waals surface area contributed by atoms with Gasteiger partial charge in [-0.25, -0.2) is 4.79 Å². The number of hydrogen-bond acceptors (Lipinski definition) is 3. The standard InChI is InChI=1S/C13H16BrN3O3/c14-11-6-5-10(9-12(11)17(19)20)15-13(18)16-7-3-1-2-4-8-16/h5-6,9H,1-4,7-8H2,(H,15,18). The molecule has 1 aromatic carbocycles. The molecule has 1 aliphatic rings. The molecule has 20 heavy (non-hydrogen) atoms. The zero-order valence-corrected chi connectivity index (χ0v) is 12.6. The van der Waals surface area contributed by atoms with Crippen LogP contribution in [0.25, 0.3) is 0 Å². The van der Waals surface area contributed by atoms with E-state index >= 15 is 0 Å². The molecule has 2 amide bonds. The second-order valence-corrected chi connectivity index (χ2v) is 5.61. The average molecular weight is 342 g/mol. The Morgan fingerprint density at radius 2 is 1.90 bits per heavy atom. The Morgan fingerprint density at radius 1 is 1.25 bits per heavy atom. The number of rotatable bonds is 2. The third-order valence-corrected chi connectivity index (χ3v) is 3.96. The fraction of sp³-hybridized carbons (Fsp3) is 0.462. The first-order valence-electron chi connectivity index (χ1n) is 6.58. The lowest BCUT2D eigenvalue weighted by atomic mass is 10.2. The summed E-state index contributed by atoms with van der Waals surface area (Å²) in [5.41, 5.74) is 0.382. The van der Waals surface area contributed by atoms with Crippen LogP contribution in [-0.4, -0.2) is 28.9 Å². The van der Waals surface area contributed by atoms with Gasteiger partial charge in [0.1, 0.15) is 0 Å². The molecular formula is C13H16BrN3O3. The summed E-state index contributed by atoms with van der Waals surface area (Å²) in [6.07, 6.45) is 4.31. The van der Waals surface area contributed by atoms with Crippen molar-refractivity contribution in [2.45, 2.75) is 25.7 Å². The van der Waals surface area contributed by atoms with E-state index in [1.54, 1.807) is 17.0 Å². The third-order valence-electron chi connectivity index (χ3n) is 3.29. The Balaban J connectivity index is 2.07. The Bertz CT molecular complexity index is 514. The Kier molecular flexibility index (Phi) is 4.94. The second kappa shape index (κ2) is 6.69. The number of nitro benzene ring substituents is 1. The summed E-state index contributed by atoms with van der Waals surface area (Å²) in [4.78, 5) is 24.3. The lowest BCUT2D eigenvalue weighted by molar-refractivity contribution is -0.385. The fourth-order valence-corrected chi connectivity index (χ4v) is 2.60. The Morgan fingerprint density at radius 3 is 2.50 bits per heavy atom. The zero-order valence-electron chi connectivity index (χ0n) is 11.0. The van der Waals surface area contributed by atoms with E-state index in [1.807, 2.05) is 0 Å². The zero-order chi connectivity index (χ0) is 14.5. The molecular weight excluding hydrogens is 326 g/mol. The van der Waals surface area contributed by atoms with E-state index in [0.717, 1.165) is 38.8 Å². The van der Waals surface area contributed by atoms with Crippen molar-refractivity contribution in [3.63, 3.8) is 0 Å². The van der Waals surface area contributed by atoms with E-state index in [-0.39, 0.29) is 11.7 Å². The first-order valence-corrected chi connectivity index (χ1v) is 7.37. The minimum atomic E-state index is -0.480. The van der Waals surface area contributed by atoms with Crippen molar-refractivity contribution in [3.05, 3.63) is 32.8 Å². The highest BCUT2D eigenvalue weighted by Crippen LogP contribution is 2.28. The summed E-state index contributed by atoms with van der Waals surface area (Å²) in [6, 6.07) is 4.38. The summed E-state index contributed by atoms with van der Waals surface area (Å²) in [7, 11) is 0. The van der Waals surface area contributed by atoms with E-state index in [0.29, 0.717) is 10.2 Å². The molecule has 0 spiro atoms. The number of urea groups is 1. The van der Waals surface area contributed by atoms with Crippen LogP contribution in [0.3, 0.4) is 0 Å². The van der Waals surface area contributed by atoms with E-state index < -0.39 is 4.92 Å². The first kappa shape index (κ1) is 14.8. The highest BCUT2D eigenvalue weighted by atomic mass is 79.9. The van der Waals surface area contributed by atoms with E-state index in [9.17, 15) is 14.9 Å². The topological polar surface area (TPSA) is 75.5 Å². The third kappa shape index (κ3) is 3.69. The van der Waals surface area contributed by atoms with Gasteiger partial charge in [-0.1, -0.05) is 12.8 Å². The molecule has 1 fully saturated rings. The van der Waals surface area contributed by atoms with Crippen LogP contribution in [0, 0.1) is 10.1 Å². The number of nitrogens with zero attached hydrogens (tertiary/aromatic N) is 2. The molecule has 1 heterocycles. The van der Waals surface area contributed by atoms with Crippen LogP contribution in [0.2, 0.25) is 0 Å². The lowest BCUT2D eigenvalue weighted by Gasteiger charge is -2.20. The Labute approximate surface area is 125 Å². The molecule has 0 saturated carbocycles. The predicted molar refractivity (Wildman–Crippen MR) is 79.9 cm³/mol. The highest BCUT2D eigenvalue weighted by molar-refractivity contribution is 9.10. The van der Waals surface area contributed by atoms with Crippen molar-refractivity contribution < 1.29 is 9.72 Å². The van der Waals surface area contributed by atoms with Crippen LogP contribution in [0.15, 0.2) is 22.7 Å². The van der Waals surface area contributed by atoms with E-state index in [2.05, 4.69) is 21.2 Å². The van der Waals surface area contributed by atoms with Crippen LogP contribution < -0.4 is 5.32 Å². The molecule has 7 heteroatoms. The van der Waals surface area contributed by atoms with E-state index in [4.69, 9.17) is 0 Å². The summed E-state index contributed by atoms with van der Waals surface area (Å²) in [5, 5.41) is 13.6. The summed E-state index contributed by atoms with van der Waals surface area (Å²) < 4.78 is 0.398. The minimum Gasteiger partial charge on any atom is -0.325 e. The number of benzene rings is 1. The van der Waals surface area contributed by atoms with Crippen LogP contribution >= 0.6 is 15.9 Å². The summed E-state index contributed by atoms with van der Waals surface area (Å²) in [6.45, 7) is 1.48. The number of halogens is 1. The molecule has 1 saturated heterocycles. The van der Waals surface area contributed by atoms with Crippen LogP contribution in [0.5, 0.6) is 0 Å². The molecule has 0 radical (unpaired) electrons. The van der Waals surface area contributed by atoms with Gasteiger partial charge in [-0.3, -0.25) is 10.1 Å². The van der Waals surface area contributed by atoms with Gasteiger partial charge in [0.25, 0.3) is 5.69 Å². The van der Waals surface area contributed by atoms with Crippen molar-refractivity contribution >= 4 is 33.3 Å². The van der Waals surface area contributed by atoms with Gasteiger partial charge in [0.2, 0.25) is 0 Å². The van der Waals surface area contributed by atoms with Crippen LogP contribution in [0.4, 0.5) is 16.2 Å². The van der Waals surface area contributed by atoms with Crippen LogP contribution in [-0.2, 0) is 0 Å². The number of nitrogens with one attached hydrogen (secondary N) is 1. The van der Waals surface area contributed by atoms with Gasteiger partial charge in [-0.2, -0.15) is 0 Å². The van der Waals surface area contributed by atoms with Gasteiger partial charge in [-0.05, 0) is 40.9 Å². The molecule has 6 nitrogen and oxygen atoms in total. The molecule has 0 aromatic heterocycles. The van der Waals surface area contributed by atoms with Gasteiger partial charge in [0.05, 0.1) is 9.40 Å². The number of anilines is 1. The molecule has 0 unspecified atom stereocenters. The monoisotopic (exact) mass is 341 g/mol. The minimum absolute atomic E-state index is 0.0568. The maximum Gasteiger partial charge on any atom is 0.321 e. The van der Waals surface area contributed by atoms with Gasteiger partial charge in [0, 0.05) is 24.8 Å². The number of nitro groups is 1. The van der Waals surface area contributed by atoms with Gasteiger partial charge < -0.3 is 10.2 Å². The number of amides is 2. The smallest absolute Gasteiger partial charge is 0.321 e. The Hall–Kier alpha value is -1.63. The highest BCUT2D eigenvalue weighted by Gasteiger charge is 2.17. The number of hydrogen-bond donors (Lipinski definition) is 1. The largest absolute Gasteiger partial charge is 0.325 e. The number of carbonyl (C=O) groups is 1. The molecule has 2 rings (SSSR count). The van der Waals surface area contributed by atoms with Crippen LogP contribution in [0.1, 0.15) is 25.7 Å². The van der Waals surface area contributed by atoms with Gasteiger partial charge in [-0.15, -0.1) is 0 Å². The maximum atomic E-state index is 12.1. The summed E-state index contributed by atoms with van der Waals surface area (Å²) >= 11 is 3.12. The van der Waals surface area contributed by atoms with E-state index in [1.165, 1.54) is 6.07 Å². The maximum absolute atomic E-state index is 12.1. The van der Waals surface area contributed by atoms with Crippen molar-refractivity contribution in [3.8, 4) is 0 Å². The number of carbonyl (C=O) groups excluding carboxylic acids is 1.